The number of hydrogen-bond donors (Lipinski definition) is 0. The van der Waals surface area contributed by atoms with Crippen LogP contribution in [-0.4, -0.2) is 44.2 Å². The quantitative estimate of drug-likeness (QED) is 0.719. The van der Waals surface area contributed by atoms with Crippen LogP contribution >= 0.6 is 23.5 Å². The van der Waals surface area contributed by atoms with Gasteiger partial charge in [0.05, 0.1) is 12.8 Å². The molecule has 1 aromatic rings. The molecule has 4 heteroatoms. The van der Waals surface area contributed by atoms with E-state index in [9.17, 15) is 0 Å². The van der Waals surface area contributed by atoms with E-state index in [1.54, 1.807) is 7.11 Å². The van der Waals surface area contributed by atoms with Crippen molar-refractivity contribution in [2.45, 2.75) is 0 Å². The van der Waals surface area contributed by atoms with Crippen LogP contribution < -0.4 is 9.64 Å². The van der Waals surface area contributed by atoms with Gasteiger partial charge in [-0.3, -0.25) is 0 Å². The molecule has 0 aliphatic carbocycles. The number of anilines is 1. The third-order valence-corrected chi connectivity index (χ3v) is 3.74. The molecule has 0 spiro atoms. The van der Waals surface area contributed by atoms with Crippen LogP contribution in [0.1, 0.15) is 0 Å². The highest BCUT2D eigenvalue weighted by Crippen LogP contribution is 2.27. The lowest BCUT2D eigenvalue weighted by Crippen LogP contribution is -2.28. The van der Waals surface area contributed by atoms with Crippen molar-refractivity contribution in [3.8, 4) is 5.75 Å². The monoisotopic (exact) mass is 271 g/mol. The van der Waals surface area contributed by atoms with Crippen LogP contribution in [0, 0.1) is 0 Å². The second kappa shape index (κ2) is 8.59. The van der Waals surface area contributed by atoms with Crippen molar-refractivity contribution >= 4 is 29.2 Å². The second-order valence-corrected chi connectivity index (χ2v) is 5.62. The number of thioether (sulfide) groups is 2. The molecule has 0 saturated heterocycles. The SMILES string of the molecule is COc1ccccc1N(CCSC)CCSC. The molecule has 0 amide bonds. The molecular formula is C13H21NOS2. The Kier molecular flexibility index (Phi) is 7.37. The molecule has 0 aliphatic rings. The molecule has 1 rings (SSSR count). The molecule has 17 heavy (non-hydrogen) atoms. The van der Waals surface area contributed by atoms with E-state index in [2.05, 4.69) is 29.5 Å². The fourth-order valence-corrected chi connectivity index (χ4v) is 2.45. The fraction of sp³-hybridized carbons (Fsp3) is 0.538. The van der Waals surface area contributed by atoms with Gasteiger partial charge in [-0.15, -0.1) is 0 Å². The van der Waals surface area contributed by atoms with Crippen molar-refractivity contribution in [3.63, 3.8) is 0 Å². The first kappa shape index (κ1) is 14.6. The summed E-state index contributed by atoms with van der Waals surface area (Å²) in [5, 5.41) is 0. The summed E-state index contributed by atoms with van der Waals surface area (Å²) in [5.41, 5.74) is 1.21. The summed E-state index contributed by atoms with van der Waals surface area (Å²) in [5.74, 6) is 3.26. The van der Waals surface area contributed by atoms with Gasteiger partial charge in [0.1, 0.15) is 5.75 Å². The number of nitrogens with zero attached hydrogens (tertiary/aromatic N) is 1. The smallest absolute Gasteiger partial charge is 0.142 e. The zero-order valence-corrected chi connectivity index (χ0v) is 12.4. The molecular weight excluding hydrogens is 250 g/mol. The van der Waals surface area contributed by atoms with Crippen LogP contribution in [0.15, 0.2) is 24.3 Å². The van der Waals surface area contributed by atoms with Crippen molar-refractivity contribution in [1.29, 1.82) is 0 Å². The molecule has 0 aliphatic heterocycles. The third-order valence-electron chi connectivity index (χ3n) is 2.56. The molecule has 0 bridgehead atoms. The van der Waals surface area contributed by atoms with Gasteiger partial charge in [-0.05, 0) is 24.6 Å². The van der Waals surface area contributed by atoms with Gasteiger partial charge in [-0.2, -0.15) is 23.5 Å². The van der Waals surface area contributed by atoms with Gasteiger partial charge in [0.15, 0.2) is 0 Å². The van der Waals surface area contributed by atoms with Crippen LogP contribution in [0.4, 0.5) is 5.69 Å². The molecule has 0 heterocycles. The highest BCUT2D eigenvalue weighted by molar-refractivity contribution is 7.98. The van der Waals surface area contributed by atoms with Gasteiger partial charge in [0, 0.05) is 24.6 Å². The number of para-hydroxylation sites is 2. The Labute approximate surface area is 113 Å². The van der Waals surface area contributed by atoms with Crippen LogP contribution in [0.3, 0.4) is 0 Å². The number of methoxy groups -OCH3 is 1. The molecule has 0 unspecified atom stereocenters. The summed E-state index contributed by atoms with van der Waals surface area (Å²) in [6.45, 7) is 2.14. The van der Waals surface area contributed by atoms with Crippen LogP contribution in [0.5, 0.6) is 5.75 Å². The molecule has 0 fully saturated rings. The predicted octanol–water partition coefficient (Wildman–Crippen LogP) is 3.23. The van der Waals surface area contributed by atoms with Gasteiger partial charge in [0.2, 0.25) is 0 Å². The standard InChI is InChI=1S/C13H21NOS2/c1-15-13-7-5-4-6-12(13)14(8-10-16-2)9-11-17-3/h4-7H,8-11H2,1-3H3. The first-order valence-corrected chi connectivity index (χ1v) is 8.48. The van der Waals surface area contributed by atoms with E-state index in [1.807, 2.05) is 35.7 Å². The lowest BCUT2D eigenvalue weighted by atomic mass is 10.2. The summed E-state index contributed by atoms with van der Waals surface area (Å²) in [6.07, 6.45) is 4.30. The van der Waals surface area contributed by atoms with E-state index in [4.69, 9.17) is 4.74 Å². The van der Waals surface area contributed by atoms with Crippen molar-refractivity contribution < 1.29 is 4.74 Å². The molecule has 2 nitrogen and oxygen atoms in total. The van der Waals surface area contributed by atoms with Crippen molar-refractivity contribution in [2.24, 2.45) is 0 Å². The average Bonchev–Trinajstić information content (AvgIpc) is 2.39. The van der Waals surface area contributed by atoms with Crippen LogP contribution in [0.25, 0.3) is 0 Å². The zero-order chi connectivity index (χ0) is 12.5. The Morgan fingerprint density at radius 1 is 1.06 bits per heavy atom. The second-order valence-electron chi connectivity index (χ2n) is 3.64. The molecule has 0 radical (unpaired) electrons. The van der Waals surface area contributed by atoms with E-state index < -0.39 is 0 Å². The van der Waals surface area contributed by atoms with Gasteiger partial charge in [-0.25, -0.2) is 0 Å². The number of benzene rings is 1. The summed E-state index contributed by atoms with van der Waals surface area (Å²) in [6, 6.07) is 8.26. The average molecular weight is 271 g/mol. The minimum atomic E-state index is 0.967. The maximum atomic E-state index is 5.43. The highest BCUT2D eigenvalue weighted by atomic mass is 32.2. The lowest BCUT2D eigenvalue weighted by Gasteiger charge is -2.26. The zero-order valence-electron chi connectivity index (χ0n) is 10.8. The largest absolute Gasteiger partial charge is 0.495 e. The van der Waals surface area contributed by atoms with E-state index >= 15 is 0 Å². The Morgan fingerprint density at radius 3 is 2.18 bits per heavy atom. The Morgan fingerprint density at radius 2 is 1.65 bits per heavy atom. The maximum Gasteiger partial charge on any atom is 0.142 e. The summed E-state index contributed by atoms with van der Waals surface area (Å²) in [7, 11) is 1.74. The Balaban J connectivity index is 2.78. The molecule has 96 valence electrons. The van der Waals surface area contributed by atoms with Gasteiger partial charge < -0.3 is 9.64 Å². The highest BCUT2D eigenvalue weighted by Gasteiger charge is 2.10. The van der Waals surface area contributed by atoms with Gasteiger partial charge >= 0.3 is 0 Å². The van der Waals surface area contributed by atoms with E-state index in [-0.39, 0.29) is 0 Å². The summed E-state index contributed by atoms with van der Waals surface area (Å²) >= 11 is 3.76. The topological polar surface area (TPSA) is 12.5 Å². The normalized spacial score (nSPS) is 10.3. The van der Waals surface area contributed by atoms with Gasteiger partial charge in [-0.1, -0.05) is 12.1 Å². The van der Waals surface area contributed by atoms with Crippen molar-refractivity contribution in [3.05, 3.63) is 24.3 Å². The van der Waals surface area contributed by atoms with E-state index in [1.165, 1.54) is 5.69 Å². The fourth-order valence-electron chi connectivity index (χ4n) is 1.65. The van der Waals surface area contributed by atoms with Gasteiger partial charge in [0.25, 0.3) is 0 Å². The summed E-state index contributed by atoms with van der Waals surface area (Å²) in [4.78, 5) is 2.41. The number of hydrogen-bond acceptors (Lipinski definition) is 4. The molecule has 1 aromatic carbocycles. The summed E-state index contributed by atoms with van der Waals surface area (Å²) < 4.78 is 5.43. The van der Waals surface area contributed by atoms with Crippen molar-refractivity contribution in [1.82, 2.24) is 0 Å². The van der Waals surface area contributed by atoms with E-state index in [0.717, 1.165) is 30.3 Å². The molecule has 0 atom stereocenters. The molecule has 0 aromatic heterocycles. The van der Waals surface area contributed by atoms with Crippen molar-refractivity contribution in [2.75, 3.05) is 49.1 Å². The van der Waals surface area contributed by atoms with Crippen LogP contribution in [-0.2, 0) is 0 Å². The number of ether oxygens (including phenoxy) is 1. The molecule has 0 saturated carbocycles. The maximum absolute atomic E-state index is 5.43. The first-order chi connectivity index (χ1) is 8.33. The van der Waals surface area contributed by atoms with E-state index in [0.29, 0.717) is 0 Å². The third kappa shape index (κ3) is 4.72. The lowest BCUT2D eigenvalue weighted by molar-refractivity contribution is 0.414. The Hall–Kier alpha value is -0.480. The minimum absolute atomic E-state index is 0.967. The first-order valence-electron chi connectivity index (χ1n) is 5.69. The molecule has 0 N–H and O–H groups in total. The van der Waals surface area contributed by atoms with Crippen LogP contribution in [0.2, 0.25) is 0 Å². The predicted molar refractivity (Wildman–Crippen MR) is 82.0 cm³/mol. The number of rotatable bonds is 8. The Bertz CT molecular complexity index is 312. The minimum Gasteiger partial charge on any atom is -0.495 e.